The van der Waals surface area contributed by atoms with Gasteiger partial charge in [-0.15, -0.1) is 0 Å². The van der Waals surface area contributed by atoms with Crippen molar-refractivity contribution in [2.45, 2.75) is 31.8 Å². The highest BCUT2D eigenvalue weighted by molar-refractivity contribution is 5.82. The topological polar surface area (TPSA) is 76.2 Å². The van der Waals surface area contributed by atoms with Crippen LogP contribution < -0.4 is 0 Å². The lowest BCUT2D eigenvalue weighted by Gasteiger charge is -2.32. The van der Waals surface area contributed by atoms with E-state index in [1.54, 1.807) is 15.6 Å². The molecule has 3 aromatic rings. The Balaban J connectivity index is 1.44. The average Bonchev–Trinajstić information content (AvgIpc) is 3.30. The lowest BCUT2D eigenvalue weighted by atomic mass is 9.95. The van der Waals surface area contributed by atoms with E-state index in [-0.39, 0.29) is 25.0 Å². The number of benzene rings is 1. The summed E-state index contributed by atoms with van der Waals surface area (Å²) in [4.78, 5) is 14.7. The van der Waals surface area contributed by atoms with E-state index in [9.17, 15) is 4.79 Å². The van der Waals surface area contributed by atoms with Crippen LogP contribution in [0.25, 0.3) is 10.9 Å². The molecule has 1 unspecified atom stereocenters. The summed E-state index contributed by atoms with van der Waals surface area (Å²) in [6.45, 7) is 2.31. The quantitative estimate of drug-likeness (QED) is 0.756. The highest BCUT2D eigenvalue weighted by Crippen LogP contribution is 2.26. The zero-order chi connectivity index (χ0) is 17.9. The standard InChI is InChI=1S/C19H23N5O2/c25-11-10-23-9-7-17(21-23)16-5-3-8-22(13-16)19(26)14-24-18-6-2-1-4-15(18)12-20-24/h1-2,4,6-7,9,12,16,25H,3,5,8,10-11,13-14H2. The number of nitrogens with zero attached hydrogens (tertiary/aromatic N) is 5. The summed E-state index contributed by atoms with van der Waals surface area (Å²) in [5, 5.41) is 19.0. The maximum Gasteiger partial charge on any atom is 0.244 e. The summed E-state index contributed by atoms with van der Waals surface area (Å²) in [5.41, 5.74) is 1.98. The normalized spacial score (nSPS) is 17.7. The predicted molar refractivity (Wildman–Crippen MR) is 97.6 cm³/mol. The number of amides is 1. The van der Waals surface area contributed by atoms with Crippen LogP contribution in [0.5, 0.6) is 0 Å². The molecule has 0 aliphatic carbocycles. The third kappa shape index (κ3) is 3.35. The Morgan fingerprint density at radius 2 is 2.15 bits per heavy atom. The molecule has 3 heterocycles. The number of piperidine rings is 1. The highest BCUT2D eigenvalue weighted by atomic mass is 16.3. The maximum absolute atomic E-state index is 12.8. The first-order valence-corrected chi connectivity index (χ1v) is 9.07. The van der Waals surface area contributed by atoms with E-state index in [0.717, 1.165) is 36.0 Å². The van der Waals surface area contributed by atoms with Gasteiger partial charge in [-0.3, -0.25) is 14.2 Å². The first-order valence-electron chi connectivity index (χ1n) is 9.07. The minimum atomic E-state index is 0.0776. The van der Waals surface area contributed by atoms with Crippen LogP contribution in [0.4, 0.5) is 0 Å². The zero-order valence-electron chi connectivity index (χ0n) is 14.7. The van der Waals surface area contributed by atoms with Crippen molar-refractivity contribution in [2.24, 2.45) is 0 Å². The van der Waals surface area contributed by atoms with Gasteiger partial charge in [0, 0.05) is 30.6 Å². The molecule has 2 aromatic heterocycles. The molecule has 0 saturated carbocycles. The van der Waals surface area contributed by atoms with E-state index >= 15 is 0 Å². The molecule has 4 rings (SSSR count). The van der Waals surface area contributed by atoms with Crippen LogP contribution in [0.2, 0.25) is 0 Å². The van der Waals surface area contributed by atoms with Gasteiger partial charge in [0.1, 0.15) is 6.54 Å². The van der Waals surface area contributed by atoms with Crippen LogP contribution in [-0.4, -0.2) is 55.2 Å². The van der Waals surface area contributed by atoms with Crippen LogP contribution in [0.1, 0.15) is 24.5 Å². The van der Waals surface area contributed by atoms with Crippen LogP contribution in [0.15, 0.2) is 42.7 Å². The van der Waals surface area contributed by atoms with E-state index in [2.05, 4.69) is 10.2 Å². The Kier molecular flexibility index (Phi) is 4.71. The van der Waals surface area contributed by atoms with E-state index in [4.69, 9.17) is 5.11 Å². The maximum atomic E-state index is 12.8. The van der Waals surface area contributed by atoms with Gasteiger partial charge in [-0.1, -0.05) is 18.2 Å². The summed E-state index contributed by atoms with van der Waals surface area (Å²) < 4.78 is 3.53. The molecule has 1 aliphatic rings. The van der Waals surface area contributed by atoms with Crippen molar-refractivity contribution < 1.29 is 9.90 Å². The van der Waals surface area contributed by atoms with Gasteiger partial charge in [0.25, 0.3) is 0 Å². The smallest absolute Gasteiger partial charge is 0.244 e. The molecular formula is C19H23N5O2. The van der Waals surface area contributed by atoms with Crippen molar-refractivity contribution in [2.75, 3.05) is 19.7 Å². The summed E-state index contributed by atoms with van der Waals surface area (Å²) >= 11 is 0. The largest absolute Gasteiger partial charge is 0.394 e. The fraction of sp³-hybridized carbons (Fsp3) is 0.421. The third-order valence-electron chi connectivity index (χ3n) is 5.02. The van der Waals surface area contributed by atoms with Gasteiger partial charge in [-0.05, 0) is 25.0 Å². The van der Waals surface area contributed by atoms with Gasteiger partial charge in [0.2, 0.25) is 5.91 Å². The van der Waals surface area contributed by atoms with Crippen molar-refractivity contribution in [1.82, 2.24) is 24.5 Å². The predicted octanol–water partition coefficient (Wildman–Crippen LogP) is 1.63. The van der Waals surface area contributed by atoms with E-state index in [1.165, 1.54) is 0 Å². The van der Waals surface area contributed by atoms with Crippen molar-refractivity contribution in [3.63, 3.8) is 0 Å². The van der Waals surface area contributed by atoms with E-state index < -0.39 is 0 Å². The lowest BCUT2D eigenvalue weighted by Crippen LogP contribution is -2.41. The molecule has 0 bridgehead atoms. The molecule has 0 radical (unpaired) electrons. The second-order valence-corrected chi connectivity index (χ2v) is 6.77. The van der Waals surface area contributed by atoms with Gasteiger partial charge >= 0.3 is 0 Å². The molecule has 1 atom stereocenters. The molecule has 1 saturated heterocycles. The Labute approximate surface area is 151 Å². The molecule has 0 spiro atoms. The molecule has 26 heavy (non-hydrogen) atoms. The molecule has 1 amide bonds. The Bertz CT molecular complexity index is 900. The minimum Gasteiger partial charge on any atom is -0.394 e. The molecule has 136 valence electrons. The van der Waals surface area contributed by atoms with Crippen LogP contribution in [-0.2, 0) is 17.9 Å². The molecule has 7 heteroatoms. The number of fused-ring (bicyclic) bond motifs is 1. The number of hydrogen-bond donors (Lipinski definition) is 1. The molecule has 1 aliphatic heterocycles. The van der Waals surface area contributed by atoms with E-state index in [0.29, 0.717) is 13.1 Å². The first-order chi connectivity index (χ1) is 12.7. The molecule has 1 N–H and O–H groups in total. The number of aliphatic hydroxyl groups is 1. The zero-order valence-corrected chi connectivity index (χ0v) is 14.7. The number of carbonyl (C=O) groups is 1. The van der Waals surface area contributed by atoms with Gasteiger partial charge in [0.05, 0.1) is 30.6 Å². The third-order valence-corrected chi connectivity index (χ3v) is 5.02. The summed E-state index contributed by atoms with van der Waals surface area (Å²) in [6.07, 6.45) is 5.70. The molecule has 7 nitrogen and oxygen atoms in total. The van der Waals surface area contributed by atoms with Crippen molar-refractivity contribution in [1.29, 1.82) is 0 Å². The number of para-hydroxylation sites is 1. The number of likely N-dealkylation sites (tertiary alicyclic amines) is 1. The number of aliphatic hydroxyl groups excluding tert-OH is 1. The first kappa shape index (κ1) is 16.8. The lowest BCUT2D eigenvalue weighted by molar-refractivity contribution is -0.133. The Morgan fingerprint density at radius 1 is 1.27 bits per heavy atom. The highest BCUT2D eigenvalue weighted by Gasteiger charge is 2.26. The summed E-state index contributed by atoms with van der Waals surface area (Å²) in [7, 11) is 0. The van der Waals surface area contributed by atoms with Crippen LogP contribution in [0, 0.1) is 0 Å². The monoisotopic (exact) mass is 353 g/mol. The van der Waals surface area contributed by atoms with Crippen molar-refractivity contribution >= 4 is 16.8 Å². The molecule has 1 aromatic carbocycles. The Hall–Kier alpha value is -2.67. The van der Waals surface area contributed by atoms with Crippen molar-refractivity contribution in [3.8, 4) is 0 Å². The SMILES string of the molecule is O=C(Cn1ncc2ccccc21)N1CCCC(c2ccn(CCO)n2)C1. The van der Waals surface area contributed by atoms with Gasteiger partial charge < -0.3 is 10.0 Å². The van der Waals surface area contributed by atoms with Gasteiger partial charge in [0.15, 0.2) is 0 Å². The molecule has 1 fully saturated rings. The summed E-state index contributed by atoms with van der Waals surface area (Å²) in [5.74, 6) is 0.348. The number of hydrogen-bond acceptors (Lipinski definition) is 4. The number of aromatic nitrogens is 4. The molecular weight excluding hydrogens is 330 g/mol. The second-order valence-electron chi connectivity index (χ2n) is 6.77. The fourth-order valence-corrected chi connectivity index (χ4v) is 3.65. The van der Waals surface area contributed by atoms with Gasteiger partial charge in [-0.25, -0.2) is 0 Å². The van der Waals surface area contributed by atoms with Crippen molar-refractivity contribution in [3.05, 3.63) is 48.4 Å². The summed E-state index contributed by atoms with van der Waals surface area (Å²) in [6, 6.07) is 9.92. The Morgan fingerprint density at radius 3 is 3.04 bits per heavy atom. The van der Waals surface area contributed by atoms with Crippen LogP contribution in [0.3, 0.4) is 0 Å². The fourth-order valence-electron chi connectivity index (χ4n) is 3.65. The number of carbonyl (C=O) groups excluding carboxylic acids is 1. The van der Waals surface area contributed by atoms with Crippen LogP contribution >= 0.6 is 0 Å². The van der Waals surface area contributed by atoms with Gasteiger partial charge in [-0.2, -0.15) is 10.2 Å². The van der Waals surface area contributed by atoms with E-state index in [1.807, 2.05) is 41.4 Å². The minimum absolute atomic E-state index is 0.0776. The number of rotatable bonds is 5. The average molecular weight is 353 g/mol. The second kappa shape index (κ2) is 7.29.